The number of fused-ring (bicyclic) bond motifs is 1. The van der Waals surface area contributed by atoms with E-state index in [1.165, 1.54) is 0 Å². The van der Waals surface area contributed by atoms with Gasteiger partial charge in [0, 0.05) is 19.4 Å². The molecule has 0 saturated heterocycles. The number of carbonyl (C=O) groups excluding carboxylic acids is 1. The van der Waals surface area contributed by atoms with Crippen LogP contribution in [0.25, 0.3) is 11.6 Å². The minimum absolute atomic E-state index is 0.0710. The highest BCUT2D eigenvalue weighted by Crippen LogP contribution is 2.41. The van der Waals surface area contributed by atoms with E-state index in [-0.39, 0.29) is 5.91 Å². The van der Waals surface area contributed by atoms with Crippen LogP contribution < -0.4 is 5.32 Å². The number of thiophene rings is 1. The van der Waals surface area contributed by atoms with Crippen LogP contribution in [0.15, 0.2) is 37.0 Å². The molecule has 0 unspecified atom stereocenters. The average molecular weight is 464 g/mol. The minimum Gasteiger partial charge on any atom is -0.320 e. The molecule has 0 radical (unpaired) electrons. The Bertz CT molecular complexity index is 721. The molecule has 0 atom stereocenters. The van der Waals surface area contributed by atoms with E-state index in [9.17, 15) is 4.79 Å². The first kappa shape index (κ1) is 13.5. The molecule has 19 heavy (non-hydrogen) atoms. The van der Waals surface area contributed by atoms with Gasteiger partial charge in [0.05, 0.1) is 15.0 Å². The summed E-state index contributed by atoms with van der Waals surface area (Å²) in [5.74, 6) is -0.0710. The molecule has 96 valence electrons. The maximum absolute atomic E-state index is 12.1. The highest BCUT2D eigenvalue weighted by atomic mass is 79.9. The number of hydrogen-bond acceptors (Lipinski definition) is 2. The lowest BCUT2D eigenvalue weighted by Crippen LogP contribution is -2.03. The zero-order valence-corrected chi connectivity index (χ0v) is 14.9. The first-order valence-corrected chi connectivity index (χ1v) is 8.52. The van der Waals surface area contributed by atoms with Gasteiger partial charge in [0.25, 0.3) is 5.91 Å². The molecule has 1 aromatic carbocycles. The predicted octanol–water partition coefficient (Wildman–Crippen LogP) is 5.53. The number of carbonyl (C=O) groups is 1. The molecule has 6 heteroatoms. The molecule has 1 aliphatic heterocycles. The van der Waals surface area contributed by atoms with Gasteiger partial charge in [-0.25, -0.2) is 0 Å². The van der Waals surface area contributed by atoms with Gasteiger partial charge in [-0.3, -0.25) is 4.79 Å². The Morgan fingerprint density at radius 3 is 2.63 bits per heavy atom. The van der Waals surface area contributed by atoms with Crippen LogP contribution in [0, 0.1) is 0 Å². The van der Waals surface area contributed by atoms with E-state index in [1.807, 2.05) is 30.3 Å². The summed E-state index contributed by atoms with van der Waals surface area (Å²) in [6.07, 6.45) is 1.91. The van der Waals surface area contributed by atoms with Crippen molar-refractivity contribution in [2.24, 2.45) is 0 Å². The molecule has 0 fully saturated rings. The van der Waals surface area contributed by atoms with Crippen LogP contribution in [0.1, 0.15) is 10.4 Å². The standard InChI is InChI=1S/C13H6Br3NOS/c14-6-3-8-9(5-7-1-2-11(16)19-7)13(18)17-12(8)10(15)4-6/h1-5H,(H,17,18). The number of nitrogens with one attached hydrogen (secondary N) is 1. The van der Waals surface area contributed by atoms with Crippen LogP contribution in [0.4, 0.5) is 5.69 Å². The zero-order valence-electron chi connectivity index (χ0n) is 9.34. The van der Waals surface area contributed by atoms with Crippen molar-refractivity contribution < 1.29 is 4.79 Å². The number of halogens is 3. The monoisotopic (exact) mass is 461 g/mol. The second kappa shape index (κ2) is 5.16. The third kappa shape index (κ3) is 2.59. The van der Waals surface area contributed by atoms with Gasteiger partial charge in [0.1, 0.15) is 0 Å². The van der Waals surface area contributed by atoms with Gasteiger partial charge in [-0.15, -0.1) is 11.3 Å². The fourth-order valence-corrected chi connectivity index (χ4v) is 4.60. The average Bonchev–Trinajstić information content (AvgIpc) is 2.87. The molecule has 1 aromatic heterocycles. The van der Waals surface area contributed by atoms with Crippen molar-refractivity contribution >= 4 is 82.4 Å². The smallest absolute Gasteiger partial charge is 0.256 e. The fraction of sp³-hybridized carbons (Fsp3) is 0. The summed E-state index contributed by atoms with van der Waals surface area (Å²) in [4.78, 5) is 13.1. The normalized spacial score (nSPS) is 15.7. The second-order valence-corrected chi connectivity index (χ2v) is 8.23. The van der Waals surface area contributed by atoms with E-state index < -0.39 is 0 Å². The number of rotatable bonds is 1. The number of benzene rings is 1. The van der Waals surface area contributed by atoms with Gasteiger partial charge in [-0.1, -0.05) is 15.9 Å². The molecule has 0 spiro atoms. The van der Waals surface area contributed by atoms with Crippen LogP contribution >= 0.6 is 59.1 Å². The third-order valence-electron chi connectivity index (χ3n) is 2.71. The first-order valence-electron chi connectivity index (χ1n) is 5.32. The Labute approximate surface area is 139 Å². The van der Waals surface area contributed by atoms with Crippen molar-refractivity contribution in [3.8, 4) is 0 Å². The lowest BCUT2D eigenvalue weighted by molar-refractivity contribution is -0.110. The highest BCUT2D eigenvalue weighted by Gasteiger charge is 2.26. The zero-order chi connectivity index (χ0) is 13.6. The minimum atomic E-state index is -0.0710. The van der Waals surface area contributed by atoms with E-state index in [0.29, 0.717) is 5.57 Å². The summed E-state index contributed by atoms with van der Waals surface area (Å²) < 4.78 is 2.86. The molecule has 3 rings (SSSR count). The highest BCUT2D eigenvalue weighted by molar-refractivity contribution is 9.11. The predicted molar refractivity (Wildman–Crippen MR) is 90.4 cm³/mol. The number of hydrogen-bond donors (Lipinski definition) is 1. The van der Waals surface area contributed by atoms with E-state index in [2.05, 4.69) is 53.1 Å². The van der Waals surface area contributed by atoms with Crippen molar-refractivity contribution in [2.45, 2.75) is 0 Å². The first-order chi connectivity index (χ1) is 9.04. The molecule has 0 bridgehead atoms. The van der Waals surface area contributed by atoms with Crippen molar-refractivity contribution in [2.75, 3.05) is 5.32 Å². The Morgan fingerprint density at radius 1 is 1.16 bits per heavy atom. The summed E-state index contributed by atoms with van der Waals surface area (Å²) >= 11 is 11.9. The van der Waals surface area contributed by atoms with Crippen LogP contribution in [0.5, 0.6) is 0 Å². The lowest BCUT2D eigenvalue weighted by Gasteiger charge is -2.02. The number of amides is 1. The van der Waals surface area contributed by atoms with Gasteiger partial charge in [-0.2, -0.15) is 0 Å². The largest absolute Gasteiger partial charge is 0.320 e. The topological polar surface area (TPSA) is 29.1 Å². The fourth-order valence-electron chi connectivity index (χ4n) is 1.91. The molecular weight excluding hydrogens is 458 g/mol. The summed E-state index contributed by atoms with van der Waals surface area (Å²) in [5.41, 5.74) is 2.43. The van der Waals surface area contributed by atoms with E-state index >= 15 is 0 Å². The Balaban J connectivity index is 2.15. The molecule has 2 aromatic rings. The molecule has 0 saturated carbocycles. The molecule has 1 N–H and O–H groups in total. The summed E-state index contributed by atoms with van der Waals surface area (Å²) in [6.45, 7) is 0. The molecule has 2 nitrogen and oxygen atoms in total. The van der Waals surface area contributed by atoms with Crippen LogP contribution in [-0.4, -0.2) is 5.91 Å². The Kier molecular flexibility index (Phi) is 3.68. The maximum Gasteiger partial charge on any atom is 0.256 e. The molecular formula is C13H6Br3NOS. The second-order valence-electron chi connectivity index (χ2n) is 3.96. The summed E-state index contributed by atoms with van der Waals surface area (Å²) in [6, 6.07) is 7.83. The van der Waals surface area contributed by atoms with Gasteiger partial charge in [0.15, 0.2) is 0 Å². The SMILES string of the molecule is O=C1Nc2c(Br)cc(Br)cc2C1=Cc1ccc(Br)s1. The molecule has 1 amide bonds. The van der Waals surface area contributed by atoms with Crippen LogP contribution in [0.2, 0.25) is 0 Å². The lowest BCUT2D eigenvalue weighted by atomic mass is 10.1. The van der Waals surface area contributed by atoms with Crippen molar-refractivity contribution in [1.82, 2.24) is 0 Å². The van der Waals surface area contributed by atoms with E-state index in [1.54, 1.807) is 11.3 Å². The number of anilines is 1. The van der Waals surface area contributed by atoms with Gasteiger partial charge in [0.2, 0.25) is 0 Å². The maximum atomic E-state index is 12.1. The van der Waals surface area contributed by atoms with Crippen molar-refractivity contribution in [3.63, 3.8) is 0 Å². The quantitative estimate of drug-likeness (QED) is 0.554. The van der Waals surface area contributed by atoms with Gasteiger partial charge in [-0.05, 0) is 62.2 Å². The molecule has 0 aliphatic carbocycles. The molecule has 1 aliphatic rings. The Morgan fingerprint density at radius 2 is 1.95 bits per heavy atom. The van der Waals surface area contributed by atoms with Gasteiger partial charge >= 0.3 is 0 Å². The van der Waals surface area contributed by atoms with Crippen LogP contribution in [-0.2, 0) is 4.79 Å². The van der Waals surface area contributed by atoms with Crippen molar-refractivity contribution in [1.29, 1.82) is 0 Å². The summed E-state index contributed by atoms with van der Waals surface area (Å²) in [7, 11) is 0. The van der Waals surface area contributed by atoms with Crippen LogP contribution in [0.3, 0.4) is 0 Å². The molecule has 2 heterocycles. The Hall–Kier alpha value is -0.430. The van der Waals surface area contributed by atoms with E-state index in [0.717, 1.165) is 28.9 Å². The van der Waals surface area contributed by atoms with E-state index in [4.69, 9.17) is 0 Å². The van der Waals surface area contributed by atoms with Crippen molar-refractivity contribution in [3.05, 3.63) is 47.4 Å². The third-order valence-corrected chi connectivity index (χ3v) is 5.36. The summed E-state index contributed by atoms with van der Waals surface area (Å²) in [5, 5.41) is 2.89. The van der Waals surface area contributed by atoms with Gasteiger partial charge < -0.3 is 5.32 Å².